The number of halogens is 3. The van der Waals surface area contributed by atoms with Gasteiger partial charge in [0.15, 0.2) is 17.2 Å². The Bertz CT molecular complexity index is 1340. The van der Waals surface area contributed by atoms with E-state index in [4.69, 9.17) is 25.8 Å². The number of esters is 2. The van der Waals surface area contributed by atoms with Gasteiger partial charge in [-0.25, -0.2) is 19.0 Å². The first kappa shape index (κ1) is 22.9. The van der Waals surface area contributed by atoms with Gasteiger partial charge in [-0.2, -0.15) is 0 Å². The monoisotopic (exact) mass is 577 g/mol. The first-order valence-corrected chi connectivity index (χ1v) is 10.9. The molecular weight excluding hydrogens is 564 g/mol. The Labute approximate surface area is 206 Å². The van der Waals surface area contributed by atoms with Crippen LogP contribution in [-0.2, 0) is 9.53 Å². The normalized spacial score (nSPS) is 14.1. The van der Waals surface area contributed by atoms with E-state index in [-0.39, 0.29) is 39.2 Å². The summed E-state index contributed by atoms with van der Waals surface area (Å²) >= 11 is 8.06. The molecule has 1 aliphatic heterocycles. The summed E-state index contributed by atoms with van der Waals surface area (Å²) in [6.45, 7) is 0. The second-order valence-corrected chi connectivity index (χ2v) is 8.29. The standard InChI is InChI=1S/C24H14ClFINO5/c1-31-20-12-13(10-18(27)21(20)32-23(29)14-6-2-4-8-16(14)25)11-19-24(30)33-22(28-19)15-7-3-5-9-17(15)26/h2-12H,1H3/b19-11-. The van der Waals surface area contributed by atoms with Crippen LogP contribution in [0.25, 0.3) is 6.08 Å². The number of carbonyl (C=O) groups excluding carboxylic acids is 2. The second kappa shape index (κ2) is 9.72. The highest BCUT2D eigenvalue weighted by atomic mass is 127. The minimum Gasteiger partial charge on any atom is -0.493 e. The lowest BCUT2D eigenvalue weighted by atomic mass is 10.1. The number of nitrogens with zero attached hydrogens (tertiary/aromatic N) is 1. The molecule has 0 atom stereocenters. The van der Waals surface area contributed by atoms with Gasteiger partial charge in [0.2, 0.25) is 5.90 Å². The van der Waals surface area contributed by atoms with Gasteiger partial charge in [0.05, 0.1) is 26.8 Å². The van der Waals surface area contributed by atoms with Gasteiger partial charge < -0.3 is 14.2 Å². The fraction of sp³-hybridized carbons (Fsp3) is 0.0417. The lowest BCUT2D eigenvalue weighted by Crippen LogP contribution is -2.11. The SMILES string of the molecule is COc1cc(/C=C2\N=C(c3ccccc3F)OC2=O)cc(I)c1OC(=O)c1ccccc1Cl. The van der Waals surface area contributed by atoms with E-state index in [0.29, 0.717) is 9.13 Å². The molecule has 3 aromatic carbocycles. The molecule has 4 rings (SSSR count). The molecule has 0 saturated carbocycles. The molecule has 6 nitrogen and oxygen atoms in total. The van der Waals surface area contributed by atoms with Crippen molar-refractivity contribution in [1.82, 2.24) is 0 Å². The highest BCUT2D eigenvalue weighted by molar-refractivity contribution is 14.1. The van der Waals surface area contributed by atoms with Gasteiger partial charge in [-0.1, -0.05) is 35.9 Å². The Hall–Kier alpha value is -3.24. The maximum Gasteiger partial charge on any atom is 0.363 e. The third kappa shape index (κ3) is 4.91. The number of hydrogen-bond acceptors (Lipinski definition) is 6. The van der Waals surface area contributed by atoms with Crippen LogP contribution in [0.2, 0.25) is 5.02 Å². The highest BCUT2D eigenvalue weighted by Crippen LogP contribution is 2.36. The summed E-state index contributed by atoms with van der Waals surface area (Å²) in [4.78, 5) is 29.0. The number of aliphatic imine (C=N–C) groups is 1. The fourth-order valence-corrected chi connectivity index (χ4v) is 3.96. The van der Waals surface area contributed by atoms with E-state index >= 15 is 0 Å². The molecule has 3 aromatic rings. The summed E-state index contributed by atoms with van der Waals surface area (Å²) in [5.41, 5.74) is 0.835. The molecule has 0 unspecified atom stereocenters. The zero-order valence-corrected chi connectivity index (χ0v) is 19.9. The quantitative estimate of drug-likeness (QED) is 0.169. The van der Waals surface area contributed by atoms with Crippen molar-refractivity contribution in [1.29, 1.82) is 0 Å². The van der Waals surface area contributed by atoms with Gasteiger partial charge in [-0.3, -0.25) is 0 Å². The van der Waals surface area contributed by atoms with Gasteiger partial charge in [0.1, 0.15) is 5.82 Å². The minimum absolute atomic E-state index is 0.00748. The van der Waals surface area contributed by atoms with Crippen LogP contribution in [-0.4, -0.2) is 24.9 Å². The Morgan fingerprint density at radius 2 is 1.88 bits per heavy atom. The molecule has 0 fully saturated rings. The molecular formula is C24H14ClFINO5. The molecule has 0 N–H and O–H groups in total. The van der Waals surface area contributed by atoms with Gasteiger partial charge >= 0.3 is 11.9 Å². The summed E-state index contributed by atoms with van der Waals surface area (Å²) in [5, 5.41) is 0.265. The van der Waals surface area contributed by atoms with Crippen LogP contribution in [0.1, 0.15) is 21.5 Å². The summed E-state index contributed by atoms with van der Waals surface area (Å²) < 4.78 is 30.6. The van der Waals surface area contributed by atoms with Crippen molar-refractivity contribution in [3.63, 3.8) is 0 Å². The first-order valence-electron chi connectivity index (χ1n) is 9.49. The number of methoxy groups -OCH3 is 1. The lowest BCUT2D eigenvalue weighted by molar-refractivity contribution is -0.129. The highest BCUT2D eigenvalue weighted by Gasteiger charge is 2.26. The summed E-state index contributed by atoms with van der Waals surface area (Å²) in [5.74, 6) is -1.55. The molecule has 0 radical (unpaired) electrons. The van der Waals surface area contributed by atoms with Crippen LogP contribution in [0.15, 0.2) is 71.4 Å². The average Bonchev–Trinajstić information content (AvgIpc) is 3.15. The summed E-state index contributed by atoms with van der Waals surface area (Å²) in [6, 6.07) is 15.7. The first-order chi connectivity index (χ1) is 15.9. The molecule has 0 saturated heterocycles. The maximum atomic E-state index is 14.0. The molecule has 1 aliphatic rings. The molecule has 1 heterocycles. The topological polar surface area (TPSA) is 74.2 Å². The van der Waals surface area contributed by atoms with Gasteiger partial charge in [-0.05, 0) is 70.6 Å². The van der Waals surface area contributed by atoms with E-state index in [9.17, 15) is 14.0 Å². The number of benzene rings is 3. The van der Waals surface area contributed by atoms with Crippen LogP contribution in [0.3, 0.4) is 0 Å². The smallest absolute Gasteiger partial charge is 0.363 e. The lowest BCUT2D eigenvalue weighted by Gasteiger charge is -2.13. The fourth-order valence-electron chi connectivity index (χ4n) is 3.01. The van der Waals surface area contributed by atoms with Crippen LogP contribution < -0.4 is 9.47 Å². The van der Waals surface area contributed by atoms with Crippen molar-refractivity contribution in [2.45, 2.75) is 0 Å². The summed E-state index contributed by atoms with van der Waals surface area (Å²) in [6.07, 6.45) is 1.47. The third-order valence-corrected chi connectivity index (χ3v) is 5.70. The molecule has 0 spiro atoms. The molecule has 0 bridgehead atoms. The van der Waals surface area contributed by atoms with Crippen molar-refractivity contribution in [2.75, 3.05) is 7.11 Å². The van der Waals surface area contributed by atoms with Crippen molar-refractivity contribution in [2.24, 2.45) is 4.99 Å². The van der Waals surface area contributed by atoms with E-state index in [1.165, 1.54) is 31.4 Å². The predicted molar refractivity (Wildman–Crippen MR) is 129 cm³/mol. The molecule has 166 valence electrons. The van der Waals surface area contributed by atoms with Crippen LogP contribution in [0.4, 0.5) is 4.39 Å². The van der Waals surface area contributed by atoms with Crippen LogP contribution in [0, 0.1) is 9.39 Å². The number of hydrogen-bond donors (Lipinski definition) is 0. The zero-order valence-electron chi connectivity index (χ0n) is 17.0. The molecule has 9 heteroatoms. The molecule has 0 amide bonds. The predicted octanol–water partition coefficient (Wildman–Crippen LogP) is 5.66. The van der Waals surface area contributed by atoms with Crippen LogP contribution >= 0.6 is 34.2 Å². The number of cyclic esters (lactones) is 1. The number of ether oxygens (including phenoxy) is 3. The Morgan fingerprint density at radius 1 is 1.15 bits per heavy atom. The van der Waals surface area contributed by atoms with E-state index in [0.717, 1.165) is 0 Å². The van der Waals surface area contributed by atoms with E-state index in [2.05, 4.69) is 4.99 Å². The maximum absolute atomic E-state index is 14.0. The van der Waals surface area contributed by atoms with E-state index in [1.54, 1.807) is 42.5 Å². The minimum atomic E-state index is -0.712. The van der Waals surface area contributed by atoms with Crippen molar-refractivity contribution >= 4 is 58.1 Å². The van der Waals surface area contributed by atoms with Crippen molar-refractivity contribution in [3.8, 4) is 11.5 Å². The molecule has 0 aliphatic carbocycles. The van der Waals surface area contributed by atoms with Gasteiger partial charge in [-0.15, -0.1) is 0 Å². The zero-order chi connectivity index (χ0) is 23.5. The number of carbonyl (C=O) groups is 2. The second-order valence-electron chi connectivity index (χ2n) is 6.72. The largest absolute Gasteiger partial charge is 0.493 e. The Kier molecular flexibility index (Phi) is 6.75. The van der Waals surface area contributed by atoms with E-state index in [1.807, 2.05) is 22.6 Å². The number of rotatable bonds is 5. The van der Waals surface area contributed by atoms with Crippen LogP contribution in [0.5, 0.6) is 11.5 Å². The van der Waals surface area contributed by atoms with Gasteiger partial charge in [0, 0.05) is 0 Å². The Balaban J connectivity index is 1.65. The van der Waals surface area contributed by atoms with Gasteiger partial charge in [0.25, 0.3) is 0 Å². The van der Waals surface area contributed by atoms with Crippen molar-refractivity contribution in [3.05, 3.63) is 97.5 Å². The Morgan fingerprint density at radius 3 is 2.61 bits per heavy atom. The molecule has 0 aromatic heterocycles. The van der Waals surface area contributed by atoms with Crippen molar-refractivity contribution < 1.29 is 28.2 Å². The average molecular weight is 578 g/mol. The third-order valence-electron chi connectivity index (χ3n) is 4.57. The molecule has 33 heavy (non-hydrogen) atoms. The summed E-state index contributed by atoms with van der Waals surface area (Å²) in [7, 11) is 1.42. The van der Waals surface area contributed by atoms with E-state index < -0.39 is 17.8 Å².